The number of nitrogens with one attached hydrogen (secondary N) is 1. The number of rotatable bonds is 3. The molecule has 0 aliphatic carbocycles. The predicted molar refractivity (Wildman–Crippen MR) is 83.2 cm³/mol. The van der Waals surface area contributed by atoms with E-state index in [1.807, 2.05) is 0 Å². The zero-order chi connectivity index (χ0) is 17.2. The minimum atomic E-state index is -4.68. The number of amides is 2. The van der Waals surface area contributed by atoms with Gasteiger partial charge in [0, 0.05) is 18.8 Å². The summed E-state index contributed by atoms with van der Waals surface area (Å²) in [5, 5.41) is 2.58. The standard InChI is InChI=1S/C15H20F2N2O3S/c1-10-6-11(2)9-19(8-10)15(20)18-12-4-3-5-13(7-12)23(21,22)14(16)17/h3-5,7,10-11,14H,6,8-9H2,1-2H3,(H,18,20)/t10-,11-/m0/s1. The molecule has 0 unspecified atom stereocenters. The maximum Gasteiger partial charge on any atom is 0.341 e. The maximum absolute atomic E-state index is 12.6. The first kappa shape index (κ1) is 17.7. The summed E-state index contributed by atoms with van der Waals surface area (Å²) in [6, 6.07) is 4.58. The van der Waals surface area contributed by atoms with Crippen molar-refractivity contribution in [2.75, 3.05) is 18.4 Å². The molecule has 0 aromatic heterocycles. The van der Waals surface area contributed by atoms with Gasteiger partial charge in [-0.25, -0.2) is 13.2 Å². The zero-order valence-electron chi connectivity index (χ0n) is 13.0. The Bertz CT molecular complexity index is 669. The summed E-state index contributed by atoms with van der Waals surface area (Å²) in [5.74, 6) is -2.72. The molecule has 1 fully saturated rings. The Kier molecular flexibility index (Phi) is 5.23. The molecule has 128 valence electrons. The molecule has 0 radical (unpaired) electrons. The fourth-order valence-electron chi connectivity index (χ4n) is 2.88. The van der Waals surface area contributed by atoms with Crippen LogP contribution < -0.4 is 5.32 Å². The number of likely N-dealkylation sites (tertiary alicyclic amines) is 1. The molecule has 0 bridgehead atoms. The number of anilines is 1. The van der Waals surface area contributed by atoms with Crippen molar-refractivity contribution in [3.05, 3.63) is 24.3 Å². The van der Waals surface area contributed by atoms with Crippen molar-refractivity contribution in [3.8, 4) is 0 Å². The van der Waals surface area contributed by atoms with Gasteiger partial charge in [0.1, 0.15) is 0 Å². The van der Waals surface area contributed by atoms with Crippen LogP contribution >= 0.6 is 0 Å². The van der Waals surface area contributed by atoms with Crippen molar-refractivity contribution < 1.29 is 22.0 Å². The molecule has 1 aromatic rings. The van der Waals surface area contributed by atoms with Crippen molar-refractivity contribution in [1.82, 2.24) is 4.90 Å². The summed E-state index contributed by atoms with van der Waals surface area (Å²) in [6.07, 6.45) is 1.05. The third kappa shape index (κ3) is 4.19. The maximum atomic E-state index is 12.6. The molecule has 8 heteroatoms. The Morgan fingerprint density at radius 1 is 1.26 bits per heavy atom. The quantitative estimate of drug-likeness (QED) is 0.914. The summed E-state index contributed by atoms with van der Waals surface area (Å²) in [6.45, 7) is 5.36. The Hall–Kier alpha value is -1.70. The first-order valence-electron chi connectivity index (χ1n) is 7.38. The lowest BCUT2D eigenvalue weighted by molar-refractivity contribution is 0.156. The van der Waals surface area contributed by atoms with Crippen LogP contribution in [0, 0.1) is 11.8 Å². The minimum Gasteiger partial charge on any atom is -0.324 e. The monoisotopic (exact) mass is 346 g/mol. The highest BCUT2D eigenvalue weighted by molar-refractivity contribution is 7.91. The second kappa shape index (κ2) is 6.82. The second-order valence-corrected chi connectivity index (χ2v) is 8.03. The van der Waals surface area contributed by atoms with Crippen molar-refractivity contribution in [2.45, 2.75) is 30.9 Å². The Balaban J connectivity index is 2.13. The summed E-state index contributed by atoms with van der Waals surface area (Å²) >= 11 is 0. The van der Waals surface area contributed by atoms with Gasteiger partial charge in [0.15, 0.2) is 0 Å². The smallest absolute Gasteiger partial charge is 0.324 e. The first-order chi connectivity index (χ1) is 10.7. The Labute approximate surface area is 134 Å². The highest BCUT2D eigenvalue weighted by Crippen LogP contribution is 2.24. The van der Waals surface area contributed by atoms with Crippen molar-refractivity contribution in [2.24, 2.45) is 11.8 Å². The molecule has 1 aliphatic heterocycles. The lowest BCUT2D eigenvalue weighted by Gasteiger charge is -2.34. The fourth-order valence-corrected chi connectivity index (χ4v) is 3.65. The average molecular weight is 346 g/mol. The Morgan fingerprint density at radius 3 is 2.43 bits per heavy atom. The van der Waals surface area contributed by atoms with Gasteiger partial charge in [-0.15, -0.1) is 0 Å². The number of carbonyl (C=O) groups is 1. The number of nitrogens with zero attached hydrogens (tertiary/aromatic N) is 1. The molecule has 0 spiro atoms. The van der Waals surface area contributed by atoms with Crippen molar-refractivity contribution in [1.29, 1.82) is 0 Å². The molecule has 2 amide bonds. The van der Waals surface area contributed by atoms with E-state index < -0.39 is 20.5 Å². The summed E-state index contributed by atoms with van der Waals surface area (Å²) in [5.41, 5.74) is 0.183. The number of carbonyl (C=O) groups excluding carboxylic acids is 1. The van der Waals surface area contributed by atoms with E-state index in [0.717, 1.165) is 18.6 Å². The van der Waals surface area contributed by atoms with Crippen LogP contribution in [0.2, 0.25) is 0 Å². The predicted octanol–water partition coefficient (Wildman–Crippen LogP) is 3.19. The fraction of sp³-hybridized carbons (Fsp3) is 0.533. The molecule has 1 heterocycles. The molecular formula is C15H20F2N2O3S. The van der Waals surface area contributed by atoms with E-state index >= 15 is 0 Å². The van der Waals surface area contributed by atoms with Gasteiger partial charge in [-0.1, -0.05) is 19.9 Å². The van der Waals surface area contributed by atoms with Gasteiger partial charge < -0.3 is 10.2 Å². The summed E-state index contributed by atoms with van der Waals surface area (Å²) < 4.78 is 48.1. The molecule has 1 aliphatic rings. The number of halogens is 2. The number of piperidine rings is 1. The number of alkyl halides is 2. The van der Waals surface area contributed by atoms with Gasteiger partial charge in [-0.05, 0) is 36.5 Å². The van der Waals surface area contributed by atoms with Crippen molar-refractivity contribution >= 4 is 21.6 Å². The van der Waals surface area contributed by atoms with Crippen LogP contribution in [-0.2, 0) is 9.84 Å². The van der Waals surface area contributed by atoms with E-state index in [1.54, 1.807) is 4.90 Å². The van der Waals surface area contributed by atoms with E-state index in [1.165, 1.54) is 12.1 Å². The molecule has 2 rings (SSSR count). The second-order valence-electron chi connectivity index (χ2n) is 6.11. The third-order valence-electron chi connectivity index (χ3n) is 3.80. The number of urea groups is 1. The molecule has 23 heavy (non-hydrogen) atoms. The van der Waals surface area contributed by atoms with E-state index in [0.29, 0.717) is 24.9 Å². The van der Waals surface area contributed by atoms with E-state index in [4.69, 9.17) is 0 Å². The van der Waals surface area contributed by atoms with E-state index in [9.17, 15) is 22.0 Å². The van der Waals surface area contributed by atoms with Crippen LogP contribution in [0.15, 0.2) is 29.2 Å². The highest BCUT2D eigenvalue weighted by Gasteiger charge is 2.28. The van der Waals surface area contributed by atoms with Crippen LogP contribution in [0.5, 0.6) is 0 Å². The number of benzene rings is 1. The molecule has 1 N–H and O–H groups in total. The molecule has 1 saturated heterocycles. The molecule has 0 saturated carbocycles. The first-order valence-corrected chi connectivity index (χ1v) is 8.93. The lowest BCUT2D eigenvalue weighted by atomic mass is 9.92. The highest BCUT2D eigenvalue weighted by atomic mass is 32.2. The summed E-state index contributed by atoms with van der Waals surface area (Å²) in [4.78, 5) is 13.4. The van der Waals surface area contributed by atoms with Gasteiger partial charge in [0.05, 0.1) is 4.90 Å². The normalized spacial score (nSPS) is 22.2. The van der Waals surface area contributed by atoms with E-state index in [2.05, 4.69) is 19.2 Å². The van der Waals surface area contributed by atoms with Crippen LogP contribution in [0.4, 0.5) is 19.3 Å². The van der Waals surface area contributed by atoms with Gasteiger partial charge in [-0.2, -0.15) is 8.78 Å². The van der Waals surface area contributed by atoms with E-state index in [-0.39, 0.29) is 11.7 Å². The average Bonchev–Trinajstić information content (AvgIpc) is 2.46. The third-order valence-corrected chi connectivity index (χ3v) is 5.18. The Morgan fingerprint density at radius 2 is 1.87 bits per heavy atom. The van der Waals surface area contributed by atoms with Crippen LogP contribution in [-0.4, -0.2) is 38.2 Å². The minimum absolute atomic E-state index is 0.183. The van der Waals surface area contributed by atoms with Gasteiger partial charge in [0.25, 0.3) is 0 Å². The van der Waals surface area contributed by atoms with Crippen molar-refractivity contribution in [3.63, 3.8) is 0 Å². The largest absolute Gasteiger partial charge is 0.341 e. The summed E-state index contributed by atoms with van der Waals surface area (Å²) in [7, 11) is -4.68. The van der Waals surface area contributed by atoms with Gasteiger partial charge in [-0.3, -0.25) is 0 Å². The number of hydrogen-bond donors (Lipinski definition) is 1. The van der Waals surface area contributed by atoms with Crippen LogP contribution in [0.25, 0.3) is 0 Å². The van der Waals surface area contributed by atoms with Crippen LogP contribution in [0.1, 0.15) is 20.3 Å². The van der Waals surface area contributed by atoms with Gasteiger partial charge >= 0.3 is 11.8 Å². The topological polar surface area (TPSA) is 66.5 Å². The molecular weight excluding hydrogens is 326 g/mol. The van der Waals surface area contributed by atoms with Crippen LogP contribution in [0.3, 0.4) is 0 Å². The SMILES string of the molecule is C[C@H]1C[C@H](C)CN(C(=O)Nc2cccc(S(=O)(=O)C(F)F)c2)C1. The lowest BCUT2D eigenvalue weighted by Crippen LogP contribution is -2.44. The number of hydrogen-bond acceptors (Lipinski definition) is 3. The molecule has 1 aromatic carbocycles. The molecule has 5 nitrogen and oxygen atoms in total. The van der Waals surface area contributed by atoms with Gasteiger partial charge in [0.2, 0.25) is 9.84 Å². The zero-order valence-corrected chi connectivity index (χ0v) is 13.8. The number of sulfone groups is 1. The molecule has 2 atom stereocenters.